The van der Waals surface area contributed by atoms with Crippen molar-refractivity contribution in [3.8, 4) is 5.75 Å². The molecule has 2 rings (SSSR count). The summed E-state index contributed by atoms with van der Waals surface area (Å²) in [5, 5.41) is 3.46. The molecule has 3 nitrogen and oxygen atoms in total. The maximum absolute atomic E-state index is 12.0. The van der Waals surface area contributed by atoms with Gasteiger partial charge in [0.2, 0.25) is 0 Å². The first-order valence-corrected chi connectivity index (χ1v) is 7.18. The summed E-state index contributed by atoms with van der Waals surface area (Å²) >= 11 is 5.89. The highest BCUT2D eigenvalue weighted by Crippen LogP contribution is 2.18. The van der Waals surface area contributed by atoms with Crippen LogP contribution in [0.4, 0.5) is 0 Å². The molecule has 110 valence electrons. The van der Waals surface area contributed by atoms with Gasteiger partial charge in [0.25, 0.3) is 5.91 Å². The number of amides is 1. The van der Waals surface area contributed by atoms with E-state index in [0.717, 1.165) is 11.1 Å². The number of nitrogens with one attached hydrogen (secondary N) is 1. The van der Waals surface area contributed by atoms with Crippen LogP contribution in [0.1, 0.15) is 18.1 Å². The molecular formula is C17H18ClNO2. The van der Waals surface area contributed by atoms with E-state index in [4.69, 9.17) is 16.3 Å². The minimum absolute atomic E-state index is 0.154. The van der Waals surface area contributed by atoms with Crippen molar-refractivity contribution in [2.45, 2.75) is 26.5 Å². The van der Waals surface area contributed by atoms with Crippen molar-refractivity contribution >= 4 is 17.5 Å². The summed E-state index contributed by atoms with van der Waals surface area (Å²) in [5.41, 5.74) is 2.25. The third-order valence-corrected chi connectivity index (χ3v) is 3.43. The Kier molecular flexibility index (Phi) is 5.23. The molecule has 2 aromatic rings. The van der Waals surface area contributed by atoms with Crippen LogP contribution in [0.25, 0.3) is 0 Å². The van der Waals surface area contributed by atoms with Gasteiger partial charge in [-0.3, -0.25) is 4.79 Å². The fourth-order valence-corrected chi connectivity index (χ4v) is 2.11. The van der Waals surface area contributed by atoms with Gasteiger partial charge >= 0.3 is 0 Å². The predicted molar refractivity (Wildman–Crippen MR) is 84.6 cm³/mol. The molecule has 1 atom stereocenters. The largest absolute Gasteiger partial charge is 0.481 e. The fourth-order valence-electron chi connectivity index (χ4n) is 1.93. The molecule has 1 amide bonds. The number of rotatable bonds is 5. The summed E-state index contributed by atoms with van der Waals surface area (Å²) in [6, 6.07) is 15.0. The summed E-state index contributed by atoms with van der Waals surface area (Å²) in [6.07, 6.45) is -0.576. The van der Waals surface area contributed by atoms with Gasteiger partial charge in [-0.1, -0.05) is 41.9 Å². The van der Waals surface area contributed by atoms with Crippen LogP contribution >= 0.6 is 11.6 Å². The zero-order valence-electron chi connectivity index (χ0n) is 12.1. The van der Waals surface area contributed by atoms with E-state index in [1.165, 1.54) is 0 Å². The molecule has 0 bridgehead atoms. The van der Waals surface area contributed by atoms with Gasteiger partial charge in [-0.2, -0.15) is 0 Å². The van der Waals surface area contributed by atoms with Crippen LogP contribution in [-0.2, 0) is 11.3 Å². The third kappa shape index (κ3) is 4.50. The highest BCUT2D eigenvalue weighted by atomic mass is 35.5. The van der Waals surface area contributed by atoms with Gasteiger partial charge in [-0.25, -0.2) is 0 Å². The first-order chi connectivity index (χ1) is 10.1. The van der Waals surface area contributed by atoms with Crippen molar-refractivity contribution in [2.24, 2.45) is 0 Å². The van der Waals surface area contributed by atoms with Crippen molar-refractivity contribution in [3.05, 3.63) is 64.7 Å². The lowest BCUT2D eigenvalue weighted by molar-refractivity contribution is -0.127. The first kappa shape index (κ1) is 15.4. The van der Waals surface area contributed by atoms with E-state index < -0.39 is 6.10 Å². The van der Waals surface area contributed by atoms with E-state index >= 15 is 0 Å². The lowest BCUT2D eigenvalue weighted by atomic mass is 10.1. The van der Waals surface area contributed by atoms with Crippen LogP contribution in [0.5, 0.6) is 5.75 Å². The average molecular weight is 304 g/mol. The summed E-state index contributed by atoms with van der Waals surface area (Å²) in [6.45, 7) is 4.23. The van der Waals surface area contributed by atoms with E-state index in [0.29, 0.717) is 17.3 Å². The highest BCUT2D eigenvalue weighted by Gasteiger charge is 2.14. The van der Waals surface area contributed by atoms with Gasteiger partial charge in [-0.05, 0) is 43.2 Å². The Morgan fingerprint density at radius 3 is 2.71 bits per heavy atom. The second kappa shape index (κ2) is 7.14. The zero-order valence-corrected chi connectivity index (χ0v) is 12.9. The van der Waals surface area contributed by atoms with Gasteiger partial charge in [-0.15, -0.1) is 0 Å². The van der Waals surface area contributed by atoms with Crippen LogP contribution in [0.2, 0.25) is 5.02 Å². The smallest absolute Gasteiger partial charge is 0.261 e. The Morgan fingerprint density at radius 1 is 1.24 bits per heavy atom. The molecule has 1 N–H and O–H groups in total. The maximum atomic E-state index is 12.0. The Bertz CT molecular complexity index is 628. The summed E-state index contributed by atoms with van der Waals surface area (Å²) in [7, 11) is 0. The van der Waals surface area contributed by atoms with Gasteiger partial charge in [0.05, 0.1) is 0 Å². The monoisotopic (exact) mass is 303 g/mol. The first-order valence-electron chi connectivity index (χ1n) is 6.80. The molecule has 0 saturated heterocycles. The lowest BCUT2D eigenvalue weighted by Gasteiger charge is -2.15. The summed E-state index contributed by atoms with van der Waals surface area (Å²) < 4.78 is 5.58. The summed E-state index contributed by atoms with van der Waals surface area (Å²) in [4.78, 5) is 12.0. The number of halogens is 1. The zero-order chi connectivity index (χ0) is 15.2. The van der Waals surface area contributed by atoms with E-state index in [1.54, 1.807) is 31.2 Å². The number of ether oxygens (including phenoxy) is 1. The standard InChI is InChI=1S/C17H18ClNO2/c1-12-6-3-4-7-14(12)11-19-17(20)13(2)21-16-9-5-8-15(18)10-16/h3-10,13H,11H2,1-2H3,(H,19,20)/t13-/m1/s1. The molecule has 0 aliphatic heterocycles. The number of hydrogen-bond acceptors (Lipinski definition) is 2. The van der Waals surface area contributed by atoms with Crippen LogP contribution in [0.15, 0.2) is 48.5 Å². The van der Waals surface area contributed by atoms with Crippen LogP contribution < -0.4 is 10.1 Å². The number of benzene rings is 2. The molecule has 0 spiro atoms. The minimum atomic E-state index is -0.576. The SMILES string of the molecule is Cc1ccccc1CNC(=O)[C@@H](C)Oc1cccc(Cl)c1. The van der Waals surface area contributed by atoms with Crippen molar-refractivity contribution < 1.29 is 9.53 Å². The Morgan fingerprint density at radius 2 is 2.00 bits per heavy atom. The van der Waals surface area contributed by atoms with Gasteiger partial charge in [0, 0.05) is 11.6 Å². The van der Waals surface area contributed by atoms with Crippen molar-refractivity contribution in [1.29, 1.82) is 0 Å². The predicted octanol–water partition coefficient (Wildman–Crippen LogP) is 3.73. The minimum Gasteiger partial charge on any atom is -0.481 e. The van der Waals surface area contributed by atoms with E-state index in [2.05, 4.69) is 5.32 Å². The molecule has 0 aliphatic rings. The van der Waals surface area contributed by atoms with E-state index in [1.807, 2.05) is 31.2 Å². The molecule has 0 unspecified atom stereocenters. The van der Waals surface area contributed by atoms with Gasteiger partial charge in [0.15, 0.2) is 6.10 Å². The lowest BCUT2D eigenvalue weighted by Crippen LogP contribution is -2.36. The number of carbonyl (C=O) groups is 1. The Balaban J connectivity index is 1.90. The van der Waals surface area contributed by atoms with Crippen molar-refractivity contribution in [1.82, 2.24) is 5.32 Å². The molecule has 0 heterocycles. The maximum Gasteiger partial charge on any atom is 0.261 e. The summed E-state index contributed by atoms with van der Waals surface area (Å²) in [5.74, 6) is 0.430. The quantitative estimate of drug-likeness (QED) is 0.914. The number of aryl methyl sites for hydroxylation is 1. The van der Waals surface area contributed by atoms with Crippen molar-refractivity contribution in [2.75, 3.05) is 0 Å². The second-order valence-electron chi connectivity index (χ2n) is 4.86. The molecular weight excluding hydrogens is 286 g/mol. The van der Waals surface area contributed by atoms with Crippen molar-refractivity contribution in [3.63, 3.8) is 0 Å². The topological polar surface area (TPSA) is 38.3 Å². The van der Waals surface area contributed by atoms with Gasteiger partial charge in [0.1, 0.15) is 5.75 Å². The molecule has 0 fully saturated rings. The van der Waals surface area contributed by atoms with Crippen LogP contribution in [0.3, 0.4) is 0 Å². The third-order valence-electron chi connectivity index (χ3n) is 3.19. The van der Waals surface area contributed by atoms with E-state index in [-0.39, 0.29) is 5.91 Å². The molecule has 0 radical (unpaired) electrons. The highest BCUT2D eigenvalue weighted by molar-refractivity contribution is 6.30. The van der Waals surface area contributed by atoms with Crippen LogP contribution in [-0.4, -0.2) is 12.0 Å². The fraction of sp³-hybridized carbons (Fsp3) is 0.235. The Hall–Kier alpha value is -2.00. The second-order valence-corrected chi connectivity index (χ2v) is 5.30. The van der Waals surface area contributed by atoms with Gasteiger partial charge < -0.3 is 10.1 Å². The number of hydrogen-bond donors (Lipinski definition) is 1. The van der Waals surface area contributed by atoms with E-state index in [9.17, 15) is 4.79 Å². The molecule has 2 aromatic carbocycles. The average Bonchev–Trinajstić information content (AvgIpc) is 2.46. The molecule has 21 heavy (non-hydrogen) atoms. The molecule has 0 saturated carbocycles. The Labute approximate surface area is 129 Å². The van der Waals surface area contributed by atoms with Crippen LogP contribution in [0, 0.1) is 6.92 Å². The molecule has 4 heteroatoms. The normalized spacial score (nSPS) is 11.8. The molecule has 0 aliphatic carbocycles. The molecule has 0 aromatic heterocycles. The number of carbonyl (C=O) groups excluding carboxylic acids is 1.